The minimum Gasteiger partial charge on any atom is -0.435 e. The number of aryl methyl sites for hydroxylation is 1. The maximum absolute atomic E-state index is 9.14. The van der Waals surface area contributed by atoms with Crippen molar-refractivity contribution in [1.29, 1.82) is 5.26 Å². The Balaban J connectivity index is 2.11. The van der Waals surface area contributed by atoms with E-state index in [1.54, 1.807) is 6.07 Å². The molecule has 0 aliphatic carbocycles. The molecular weight excluding hydrogens is 264 g/mol. The standard InChI is InChI=1S/C16H12N4O/c1-10-5-6-11-3-2-4-14(15(11)20-10)21-16-12(8-17)7-13(18)9-19-16/h2-7,9H,18H2,1H3. The molecule has 0 aliphatic heterocycles. The number of nitrogens with two attached hydrogens (primary N) is 1. The van der Waals surface area contributed by atoms with E-state index in [4.69, 9.17) is 15.7 Å². The predicted molar refractivity (Wildman–Crippen MR) is 79.9 cm³/mol. The summed E-state index contributed by atoms with van der Waals surface area (Å²) in [6.07, 6.45) is 1.46. The third-order valence-electron chi connectivity index (χ3n) is 3.02. The highest BCUT2D eigenvalue weighted by atomic mass is 16.5. The molecule has 2 N–H and O–H groups in total. The molecule has 5 heteroatoms. The molecule has 0 saturated heterocycles. The van der Waals surface area contributed by atoms with Crippen LogP contribution in [0.25, 0.3) is 10.9 Å². The molecule has 0 aliphatic rings. The number of benzene rings is 1. The van der Waals surface area contributed by atoms with Crippen molar-refractivity contribution in [3.8, 4) is 17.7 Å². The second-order valence-corrected chi connectivity index (χ2v) is 4.62. The molecule has 1 aromatic carbocycles. The fourth-order valence-electron chi connectivity index (χ4n) is 2.03. The number of aromatic nitrogens is 2. The lowest BCUT2D eigenvalue weighted by Crippen LogP contribution is -1.96. The summed E-state index contributed by atoms with van der Waals surface area (Å²) in [5.41, 5.74) is 7.97. The number of nitrogen functional groups attached to an aromatic ring is 1. The molecule has 0 radical (unpaired) electrons. The van der Waals surface area contributed by atoms with Crippen LogP contribution in [0.4, 0.5) is 5.69 Å². The van der Waals surface area contributed by atoms with Gasteiger partial charge in [-0.2, -0.15) is 5.26 Å². The molecule has 2 heterocycles. The summed E-state index contributed by atoms with van der Waals surface area (Å²) in [7, 11) is 0. The molecule has 0 saturated carbocycles. The number of rotatable bonds is 2. The molecule has 2 aromatic heterocycles. The van der Waals surface area contributed by atoms with Gasteiger partial charge in [-0.15, -0.1) is 0 Å². The number of ether oxygens (including phenoxy) is 1. The molecular formula is C16H12N4O. The van der Waals surface area contributed by atoms with Crippen LogP contribution in [-0.2, 0) is 0 Å². The molecule has 21 heavy (non-hydrogen) atoms. The molecule has 102 valence electrons. The van der Waals surface area contributed by atoms with Crippen LogP contribution in [0.5, 0.6) is 11.6 Å². The summed E-state index contributed by atoms with van der Waals surface area (Å²) in [5.74, 6) is 0.785. The van der Waals surface area contributed by atoms with Gasteiger partial charge >= 0.3 is 0 Å². The Bertz CT molecular complexity index is 868. The van der Waals surface area contributed by atoms with Crippen molar-refractivity contribution in [2.75, 3.05) is 5.73 Å². The summed E-state index contributed by atoms with van der Waals surface area (Å²) in [6, 6.07) is 13.1. The van der Waals surface area contributed by atoms with E-state index in [2.05, 4.69) is 9.97 Å². The van der Waals surface area contributed by atoms with Gasteiger partial charge in [0.15, 0.2) is 5.75 Å². The molecule has 0 atom stereocenters. The summed E-state index contributed by atoms with van der Waals surface area (Å²) in [6.45, 7) is 1.92. The second-order valence-electron chi connectivity index (χ2n) is 4.62. The lowest BCUT2D eigenvalue weighted by atomic mass is 10.2. The van der Waals surface area contributed by atoms with E-state index in [0.29, 0.717) is 17.0 Å². The number of hydrogen-bond acceptors (Lipinski definition) is 5. The zero-order chi connectivity index (χ0) is 14.8. The fourth-order valence-corrected chi connectivity index (χ4v) is 2.03. The molecule has 0 amide bonds. The van der Waals surface area contributed by atoms with Crippen LogP contribution >= 0.6 is 0 Å². The SMILES string of the molecule is Cc1ccc2cccc(Oc3ncc(N)cc3C#N)c2n1. The van der Waals surface area contributed by atoms with Crippen LogP contribution in [0.3, 0.4) is 0 Å². The first-order chi connectivity index (χ1) is 10.2. The van der Waals surface area contributed by atoms with Gasteiger partial charge < -0.3 is 10.5 Å². The highest BCUT2D eigenvalue weighted by molar-refractivity contribution is 5.84. The Hall–Kier alpha value is -3.13. The van der Waals surface area contributed by atoms with Crippen LogP contribution in [0, 0.1) is 18.3 Å². The minimum absolute atomic E-state index is 0.225. The number of fused-ring (bicyclic) bond motifs is 1. The maximum atomic E-state index is 9.14. The van der Waals surface area contributed by atoms with Gasteiger partial charge in [-0.3, -0.25) is 0 Å². The average Bonchev–Trinajstić information content (AvgIpc) is 2.49. The third kappa shape index (κ3) is 2.47. The average molecular weight is 276 g/mol. The van der Waals surface area contributed by atoms with Crippen molar-refractivity contribution in [2.45, 2.75) is 6.92 Å². The van der Waals surface area contributed by atoms with Crippen LogP contribution in [0.15, 0.2) is 42.6 Å². The van der Waals surface area contributed by atoms with Gasteiger partial charge in [-0.25, -0.2) is 9.97 Å². The van der Waals surface area contributed by atoms with Gasteiger partial charge in [0.25, 0.3) is 0 Å². The number of nitriles is 1. The molecule has 5 nitrogen and oxygen atoms in total. The van der Waals surface area contributed by atoms with Crippen molar-refractivity contribution in [1.82, 2.24) is 9.97 Å². The number of para-hydroxylation sites is 1. The first-order valence-corrected chi connectivity index (χ1v) is 6.37. The van der Waals surface area contributed by atoms with E-state index in [0.717, 1.165) is 16.6 Å². The van der Waals surface area contributed by atoms with E-state index >= 15 is 0 Å². The molecule has 0 bridgehead atoms. The van der Waals surface area contributed by atoms with Crippen molar-refractivity contribution >= 4 is 16.6 Å². The summed E-state index contributed by atoms with van der Waals surface area (Å²) in [4.78, 5) is 8.56. The lowest BCUT2D eigenvalue weighted by Gasteiger charge is -2.09. The maximum Gasteiger partial charge on any atom is 0.237 e. The van der Waals surface area contributed by atoms with Crippen molar-refractivity contribution < 1.29 is 4.74 Å². The normalized spacial score (nSPS) is 10.3. The molecule has 0 spiro atoms. The van der Waals surface area contributed by atoms with E-state index < -0.39 is 0 Å². The summed E-state index contributed by atoms with van der Waals surface area (Å²) >= 11 is 0. The number of nitrogens with zero attached hydrogens (tertiary/aromatic N) is 3. The Labute approximate surface area is 121 Å². The van der Waals surface area contributed by atoms with E-state index in [-0.39, 0.29) is 5.88 Å². The van der Waals surface area contributed by atoms with Gasteiger partial charge in [0.05, 0.1) is 11.9 Å². The number of hydrogen-bond donors (Lipinski definition) is 1. The van der Waals surface area contributed by atoms with Crippen LogP contribution < -0.4 is 10.5 Å². The number of pyridine rings is 2. The first-order valence-electron chi connectivity index (χ1n) is 6.37. The first kappa shape index (κ1) is 12.9. The van der Waals surface area contributed by atoms with Crippen LogP contribution in [0.1, 0.15) is 11.3 Å². The highest BCUT2D eigenvalue weighted by Gasteiger charge is 2.10. The van der Waals surface area contributed by atoms with Gasteiger partial charge in [-0.1, -0.05) is 18.2 Å². The van der Waals surface area contributed by atoms with Crippen molar-refractivity contribution in [2.24, 2.45) is 0 Å². The highest BCUT2D eigenvalue weighted by Crippen LogP contribution is 2.29. The summed E-state index contributed by atoms with van der Waals surface area (Å²) in [5, 5.41) is 10.1. The smallest absolute Gasteiger partial charge is 0.237 e. The van der Waals surface area contributed by atoms with Crippen LogP contribution in [0.2, 0.25) is 0 Å². The van der Waals surface area contributed by atoms with E-state index in [9.17, 15) is 0 Å². The Morgan fingerprint density at radius 1 is 1.24 bits per heavy atom. The van der Waals surface area contributed by atoms with Crippen molar-refractivity contribution in [3.05, 3.63) is 53.9 Å². The lowest BCUT2D eigenvalue weighted by molar-refractivity contribution is 0.465. The quantitative estimate of drug-likeness (QED) is 0.777. The monoisotopic (exact) mass is 276 g/mol. The van der Waals surface area contributed by atoms with Gasteiger partial charge in [0.1, 0.15) is 17.1 Å². The molecule has 3 aromatic rings. The molecule has 3 rings (SSSR count). The Morgan fingerprint density at radius 2 is 2.10 bits per heavy atom. The largest absolute Gasteiger partial charge is 0.435 e. The fraction of sp³-hybridized carbons (Fsp3) is 0.0625. The molecule has 0 unspecified atom stereocenters. The van der Waals surface area contributed by atoms with Gasteiger partial charge in [-0.05, 0) is 25.1 Å². The molecule has 0 fully saturated rings. The third-order valence-corrected chi connectivity index (χ3v) is 3.02. The zero-order valence-corrected chi connectivity index (χ0v) is 11.4. The number of anilines is 1. The predicted octanol–water partition coefficient (Wildman–Crippen LogP) is 3.18. The zero-order valence-electron chi connectivity index (χ0n) is 11.4. The second kappa shape index (κ2) is 5.10. The minimum atomic E-state index is 0.225. The summed E-state index contributed by atoms with van der Waals surface area (Å²) < 4.78 is 5.77. The van der Waals surface area contributed by atoms with Gasteiger partial charge in [0.2, 0.25) is 5.88 Å². The topological polar surface area (TPSA) is 84.8 Å². The van der Waals surface area contributed by atoms with E-state index in [1.807, 2.05) is 37.3 Å². The van der Waals surface area contributed by atoms with Crippen LogP contribution in [-0.4, -0.2) is 9.97 Å². The Morgan fingerprint density at radius 3 is 2.90 bits per heavy atom. The van der Waals surface area contributed by atoms with E-state index in [1.165, 1.54) is 12.3 Å². The van der Waals surface area contributed by atoms with Crippen molar-refractivity contribution in [3.63, 3.8) is 0 Å². The Kier molecular flexibility index (Phi) is 3.13. The van der Waals surface area contributed by atoms with Gasteiger partial charge in [0, 0.05) is 11.1 Å².